The van der Waals surface area contributed by atoms with Crippen LogP contribution < -0.4 is 5.48 Å². The summed E-state index contributed by atoms with van der Waals surface area (Å²) in [6, 6.07) is 19.5. The summed E-state index contributed by atoms with van der Waals surface area (Å²) in [6.07, 6.45) is 9.63. The van der Waals surface area contributed by atoms with Crippen molar-refractivity contribution in [3.63, 3.8) is 0 Å². The third kappa shape index (κ3) is 8.35. The van der Waals surface area contributed by atoms with Crippen LogP contribution in [0.1, 0.15) is 48.0 Å². The van der Waals surface area contributed by atoms with Crippen LogP contribution in [0.25, 0.3) is 6.08 Å². The highest BCUT2D eigenvalue weighted by atomic mass is 16.7. The number of carbonyl (C=O) groups excluding carboxylic acids is 1. The summed E-state index contributed by atoms with van der Waals surface area (Å²) in [6.45, 7) is 3.89. The van der Waals surface area contributed by atoms with E-state index in [2.05, 4.69) is 46.8 Å². The van der Waals surface area contributed by atoms with Crippen molar-refractivity contribution in [1.29, 1.82) is 0 Å². The van der Waals surface area contributed by atoms with Crippen LogP contribution in [0.5, 0.6) is 0 Å². The summed E-state index contributed by atoms with van der Waals surface area (Å²) in [5.41, 5.74) is 7.17. The second kappa shape index (κ2) is 13.8. The highest BCUT2D eigenvalue weighted by Gasteiger charge is 2.22. The number of morpholine rings is 1. The van der Waals surface area contributed by atoms with Crippen LogP contribution in [0.2, 0.25) is 0 Å². The predicted molar refractivity (Wildman–Crippen MR) is 138 cm³/mol. The predicted octanol–water partition coefficient (Wildman–Crippen LogP) is 5.00. The molecule has 2 aromatic rings. The van der Waals surface area contributed by atoms with Crippen LogP contribution >= 0.6 is 0 Å². The number of hydrogen-bond donors (Lipinski definition) is 1. The van der Waals surface area contributed by atoms with Crippen molar-refractivity contribution in [1.82, 2.24) is 10.4 Å². The van der Waals surface area contributed by atoms with Gasteiger partial charge >= 0.3 is 5.97 Å². The molecule has 0 unspecified atom stereocenters. The fraction of sp³-hybridized carbons (Fsp3) is 0.414. The van der Waals surface area contributed by atoms with Crippen molar-refractivity contribution in [2.24, 2.45) is 0 Å². The van der Waals surface area contributed by atoms with Gasteiger partial charge in [-0.05, 0) is 55.0 Å². The molecule has 1 fully saturated rings. The Morgan fingerprint density at radius 2 is 1.74 bits per heavy atom. The summed E-state index contributed by atoms with van der Waals surface area (Å²) < 4.78 is 11.3. The van der Waals surface area contributed by atoms with E-state index in [1.807, 2.05) is 24.3 Å². The van der Waals surface area contributed by atoms with E-state index in [4.69, 9.17) is 14.3 Å². The Kier molecular flexibility index (Phi) is 9.95. The molecule has 0 spiro atoms. The van der Waals surface area contributed by atoms with Crippen LogP contribution in [0.3, 0.4) is 0 Å². The minimum Gasteiger partial charge on any atom is -0.455 e. The summed E-state index contributed by atoms with van der Waals surface area (Å²) in [5, 5.41) is 0. The lowest BCUT2D eigenvalue weighted by Gasteiger charge is -2.30. The van der Waals surface area contributed by atoms with E-state index in [-0.39, 0.29) is 12.6 Å². The Balaban J connectivity index is 1.41. The van der Waals surface area contributed by atoms with Crippen molar-refractivity contribution in [2.45, 2.75) is 38.2 Å². The van der Waals surface area contributed by atoms with Gasteiger partial charge < -0.3 is 9.47 Å². The van der Waals surface area contributed by atoms with E-state index in [1.165, 1.54) is 24.0 Å². The van der Waals surface area contributed by atoms with Crippen molar-refractivity contribution in [3.8, 4) is 0 Å². The molecule has 1 N–H and O–H groups in total. The van der Waals surface area contributed by atoms with E-state index in [9.17, 15) is 4.79 Å². The molecule has 0 radical (unpaired) electrons. The van der Waals surface area contributed by atoms with Crippen LogP contribution in [-0.4, -0.2) is 56.4 Å². The van der Waals surface area contributed by atoms with Gasteiger partial charge in [0.2, 0.25) is 0 Å². The van der Waals surface area contributed by atoms with Gasteiger partial charge in [0.15, 0.2) is 0 Å². The average Bonchev–Trinajstić information content (AvgIpc) is 2.89. The first kappa shape index (κ1) is 25.2. The van der Waals surface area contributed by atoms with Crippen LogP contribution in [0.4, 0.5) is 0 Å². The molecule has 0 bridgehead atoms. The molecule has 1 aliphatic heterocycles. The summed E-state index contributed by atoms with van der Waals surface area (Å²) in [5.74, 6) is -0.331. The van der Waals surface area contributed by atoms with Crippen molar-refractivity contribution in [2.75, 3.05) is 39.5 Å². The Morgan fingerprint density at radius 1 is 1.00 bits per heavy atom. The number of nitrogens with one attached hydrogen (secondary N) is 1. The van der Waals surface area contributed by atoms with E-state index >= 15 is 0 Å². The lowest BCUT2D eigenvalue weighted by atomic mass is 9.97. The molecule has 1 heterocycles. The van der Waals surface area contributed by atoms with Crippen LogP contribution in [-0.2, 0) is 14.3 Å². The van der Waals surface area contributed by atoms with Gasteiger partial charge in [-0.1, -0.05) is 61.0 Å². The standard InChI is InChI=1S/C29H36N2O4/c32-29(25-13-8-4-9-14-25)35-27(22-31-17-19-33-20-18-31)23-34-30-28-16-10-2-1-7-15-26(28)21-24-11-5-3-6-12-24/h3-6,8-9,11-14,16,21,27,30H,1-2,7,10,15,17-20,22-23H2/t27-/m0/s1. The lowest BCUT2D eigenvalue weighted by Crippen LogP contribution is -2.44. The number of esters is 1. The molecule has 1 saturated heterocycles. The lowest BCUT2D eigenvalue weighted by molar-refractivity contribution is -0.0481. The SMILES string of the molecule is O=C(O[C@H](CONC1=CCCCCCC1=Cc1ccccc1)CN1CCOCC1)c1ccccc1. The second-order valence-corrected chi connectivity index (χ2v) is 9.02. The fourth-order valence-electron chi connectivity index (χ4n) is 4.36. The van der Waals surface area contributed by atoms with E-state index in [0.29, 0.717) is 25.3 Å². The summed E-state index contributed by atoms with van der Waals surface area (Å²) in [7, 11) is 0. The highest BCUT2D eigenvalue weighted by Crippen LogP contribution is 2.24. The second-order valence-electron chi connectivity index (χ2n) is 9.02. The maximum atomic E-state index is 12.7. The van der Waals surface area contributed by atoms with E-state index in [0.717, 1.165) is 38.0 Å². The molecule has 2 aromatic carbocycles. The topological polar surface area (TPSA) is 60.0 Å². The molecule has 35 heavy (non-hydrogen) atoms. The Bertz CT molecular complexity index is 969. The number of allylic oxidation sites excluding steroid dienone is 2. The van der Waals surface area contributed by atoms with E-state index in [1.54, 1.807) is 12.1 Å². The molecule has 0 saturated carbocycles. The monoisotopic (exact) mass is 476 g/mol. The molecule has 186 valence electrons. The molecule has 0 amide bonds. The molecular formula is C29H36N2O4. The summed E-state index contributed by atoms with van der Waals surface area (Å²) >= 11 is 0. The van der Waals surface area contributed by atoms with Gasteiger partial charge in [0.25, 0.3) is 0 Å². The minimum atomic E-state index is -0.399. The number of hydroxylamine groups is 1. The smallest absolute Gasteiger partial charge is 0.338 e. The Morgan fingerprint density at radius 3 is 2.51 bits per heavy atom. The Hall–Kier alpha value is -2.93. The van der Waals surface area contributed by atoms with Crippen molar-refractivity contribution < 1.29 is 19.1 Å². The van der Waals surface area contributed by atoms with Gasteiger partial charge in [0.1, 0.15) is 12.7 Å². The fourth-order valence-corrected chi connectivity index (χ4v) is 4.36. The number of hydrogen-bond acceptors (Lipinski definition) is 6. The largest absolute Gasteiger partial charge is 0.455 e. The number of rotatable bonds is 9. The Labute approximate surface area is 208 Å². The average molecular weight is 477 g/mol. The molecule has 1 aliphatic carbocycles. The number of ether oxygens (including phenoxy) is 2. The first-order chi connectivity index (χ1) is 17.3. The maximum absolute atomic E-state index is 12.7. The highest BCUT2D eigenvalue weighted by molar-refractivity contribution is 5.89. The number of benzene rings is 2. The van der Waals surface area contributed by atoms with Crippen molar-refractivity contribution in [3.05, 3.63) is 89.1 Å². The minimum absolute atomic E-state index is 0.256. The van der Waals surface area contributed by atoms with Gasteiger partial charge in [-0.25, -0.2) is 4.79 Å². The quantitative estimate of drug-likeness (QED) is 0.406. The zero-order valence-corrected chi connectivity index (χ0v) is 20.4. The molecule has 2 aliphatic rings. The molecule has 0 aromatic heterocycles. The van der Waals surface area contributed by atoms with Gasteiger partial charge in [-0.15, -0.1) is 0 Å². The van der Waals surface area contributed by atoms with Crippen LogP contribution in [0, 0.1) is 0 Å². The van der Waals surface area contributed by atoms with Gasteiger partial charge in [0, 0.05) is 19.6 Å². The zero-order valence-electron chi connectivity index (χ0n) is 20.4. The van der Waals surface area contributed by atoms with Gasteiger partial charge in [0.05, 0.1) is 24.5 Å². The summed E-state index contributed by atoms with van der Waals surface area (Å²) in [4.78, 5) is 21.0. The normalized spacial score (nSPS) is 19.3. The number of nitrogens with zero attached hydrogens (tertiary/aromatic N) is 1. The zero-order chi connectivity index (χ0) is 24.1. The maximum Gasteiger partial charge on any atom is 0.338 e. The molecular weight excluding hydrogens is 440 g/mol. The number of carbonyl (C=O) groups is 1. The molecule has 6 heteroatoms. The third-order valence-electron chi connectivity index (χ3n) is 6.29. The van der Waals surface area contributed by atoms with Gasteiger partial charge in [-0.2, -0.15) is 0 Å². The van der Waals surface area contributed by atoms with Crippen LogP contribution in [0.15, 0.2) is 78.0 Å². The van der Waals surface area contributed by atoms with Gasteiger partial charge in [-0.3, -0.25) is 15.2 Å². The van der Waals surface area contributed by atoms with E-state index < -0.39 is 6.10 Å². The first-order valence-corrected chi connectivity index (χ1v) is 12.7. The first-order valence-electron chi connectivity index (χ1n) is 12.7. The molecule has 1 atom stereocenters. The van der Waals surface area contributed by atoms with Crippen molar-refractivity contribution >= 4 is 12.0 Å². The molecule has 4 rings (SSSR count). The molecule has 6 nitrogen and oxygen atoms in total. The third-order valence-corrected chi connectivity index (χ3v) is 6.29.